The van der Waals surface area contributed by atoms with Gasteiger partial charge in [-0.1, -0.05) is 48.5 Å². The van der Waals surface area contributed by atoms with Crippen LogP contribution in [0, 0.1) is 0 Å². The van der Waals surface area contributed by atoms with Crippen molar-refractivity contribution in [3.05, 3.63) is 66.2 Å². The van der Waals surface area contributed by atoms with Crippen molar-refractivity contribution in [2.75, 3.05) is 13.7 Å². The largest absolute Gasteiger partial charge is 0.493 e. The number of rotatable bonds is 4. The molecule has 0 radical (unpaired) electrons. The van der Waals surface area contributed by atoms with E-state index in [2.05, 4.69) is 35.3 Å². The Balaban J connectivity index is 1.89. The van der Waals surface area contributed by atoms with Crippen LogP contribution in [0.5, 0.6) is 5.75 Å². The Kier molecular flexibility index (Phi) is 4.74. The lowest BCUT2D eigenvalue weighted by molar-refractivity contribution is -0.128. The van der Waals surface area contributed by atoms with Crippen molar-refractivity contribution in [3.8, 4) is 16.9 Å². The van der Waals surface area contributed by atoms with Gasteiger partial charge in [-0.25, -0.2) is 4.99 Å². The fourth-order valence-corrected chi connectivity index (χ4v) is 3.91. The number of nitrogens with zero attached hydrogens (tertiary/aromatic N) is 2. The minimum Gasteiger partial charge on any atom is -0.493 e. The summed E-state index contributed by atoms with van der Waals surface area (Å²) in [6.07, 6.45) is 0.279. The molecule has 0 spiro atoms. The molecule has 0 bridgehead atoms. The van der Waals surface area contributed by atoms with Gasteiger partial charge in [0.2, 0.25) is 5.91 Å². The van der Waals surface area contributed by atoms with Crippen molar-refractivity contribution in [1.29, 1.82) is 0 Å². The number of hydrogen-bond acceptors (Lipinski definition) is 4. The van der Waals surface area contributed by atoms with E-state index in [1.807, 2.05) is 44.2 Å². The van der Waals surface area contributed by atoms with E-state index in [4.69, 9.17) is 10.5 Å². The Morgan fingerprint density at radius 2 is 1.93 bits per heavy atom. The van der Waals surface area contributed by atoms with Gasteiger partial charge < -0.3 is 10.5 Å². The molecule has 1 atom stereocenters. The van der Waals surface area contributed by atoms with Gasteiger partial charge in [-0.3, -0.25) is 9.69 Å². The van der Waals surface area contributed by atoms with E-state index in [1.165, 1.54) is 4.90 Å². The van der Waals surface area contributed by atoms with Crippen LogP contribution in [0.4, 0.5) is 0 Å². The molecule has 29 heavy (non-hydrogen) atoms. The average Bonchev–Trinajstić information content (AvgIpc) is 2.72. The standard InChI is InChI=1S/C24H25N3O2/c1-4-29-20-13-12-16-8-5-6-11-19(16)22(20)17-9-7-10-18(14-17)24(2)15-21(28)27(3)23(25)26-24/h5-14H,4,15H2,1-3H3,(H2,25,26). The van der Waals surface area contributed by atoms with Gasteiger partial charge >= 0.3 is 0 Å². The first-order valence-corrected chi connectivity index (χ1v) is 9.80. The van der Waals surface area contributed by atoms with Gasteiger partial charge in [0.15, 0.2) is 5.96 Å². The second-order valence-corrected chi connectivity index (χ2v) is 7.55. The molecule has 4 rings (SSSR count). The minimum absolute atomic E-state index is 0.0365. The zero-order valence-corrected chi connectivity index (χ0v) is 17.0. The van der Waals surface area contributed by atoms with Gasteiger partial charge in [-0.15, -0.1) is 0 Å². The first-order chi connectivity index (χ1) is 13.9. The molecular weight excluding hydrogens is 362 g/mol. The van der Waals surface area contributed by atoms with Crippen molar-refractivity contribution in [2.45, 2.75) is 25.8 Å². The maximum atomic E-state index is 12.4. The van der Waals surface area contributed by atoms with Gasteiger partial charge in [-0.05, 0) is 47.9 Å². The van der Waals surface area contributed by atoms with E-state index in [1.54, 1.807) is 7.05 Å². The predicted molar refractivity (Wildman–Crippen MR) is 117 cm³/mol. The third-order valence-corrected chi connectivity index (χ3v) is 5.54. The molecule has 3 aromatic rings. The Morgan fingerprint density at radius 3 is 2.69 bits per heavy atom. The first kappa shape index (κ1) is 19.0. The quantitative estimate of drug-likeness (QED) is 0.726. The number of ether oxygens (including phenoxy) is 1. The molecule has 1 aliphatic heterocycles. The molecule has 0 aromatic heterocycles. The van der Waals surface area contributed by atoms with E-state index in [-0.39, 0.29) is 18.3 Å². The Morgan fingerprint density at radius 1 is 1.14 bits per heavy atom. The monoisotopic (exact) mass is 387 g/mol. The fraction of sp³-hybridized carbons (Fsp3) is 0.250. The lowest BCUT2D eigenvalue weighted by Gasteiger charge is -2.33. The SMILES string of the molecule is CCOc1ccc2ccccc2c1-c1cccc(C2(C)CC(=O)N(C)C(N)=N2)c1. The third kappa shape index (κ3) is 3.33. The highest BCUT2D eigenvalue weighted by Crippen LogP contribution is 2.40. The maximum absolute atomic E-state index is 12.4. The third-order valence-electron chi connectivity index (χ3n) is 5.54. The average molecular weight is 387 g/mol. The summed E-state index contributed by atoms with van der Waals surface area (Å²) in [7, 11) is 1.65. The van der Waals surface area contributed by atoms with Crippen LogP contribution in [-0.2, 0) is 10.3 Å². The number of guanidine groups is 1. The second kappa shape index (κ2) is 7.24. The molecule has 1 heterocycles. The first-order valence-electron chi connectivity index (χ1n) is 9.80. The molecule has 3 aromatic carbocycles. The van der Waals surface area contributed by atoms with E-state index < -0.39 is 5.54 Å². The summed E-state index contributed by atoms with van der Waals surface area (Å²) in [4.78, 5) is 18.5. The van der Waals surface area contributed by atoms with Gasteiger partial charge in [-0.2, -0.15) is 0 Å². The molecule has 5 heteroatoms. The lowest BCUT2D eigenvalue weighted by atomic mass is 9.85. The van der Waals surface area contributed by atoms with E-state index in [9.17, 15) is 4.79 Å². The Hall–Kier alpha value is -3.34. The molecule has 1 aliphatic rings. The van der Waals surface area contributed by atoms with Crippen LogP contribution in [-0.4, -0.2) is 30.4 Å². The summed E-state index contributed by atoms with van der Waals surface area (Å²) in [6, 6.07) is 20.5. The number of hydrogen-bond donors (Lipinski definition) is 1. The predicted octanol–water partition coefficient (Wildman–Crippen LogP) is 4.30. The zero-order valence-electron chi connectivity index (χ0n) is 17.0. The van der Waals surface area contributed by atoms with Crippen LogP contribution in [0.25, 0.3) is 21.9 Å². The van der Waals surface area contributed by atoms with Crippen LogP contribution < -0.4 is 10.5 Å². The smallest absolute Gasteiger partial charge is 0.231 e. The van der Waals surface area contributed by atoms with Gasteiger partial charge in [0.1, 0.15) is 5.75 Å². The Bertz CT molecular complexity index is 1120. The number of carbonyl (C=O) groups excluding carboxylic acids is 1. The zero-order chi connectivity index (χ0) is 20.6. The molecule has 5 nitrogen and oxygen atoms in total. The van der Waals surface area contributed by atoms with Crippen molar-refractivity contribution in [2.24, 2.45) is 10.7 Å². The van der Waals surface area contributed by atoms with Crippen molar-refractivity contribution >= 4 is 22.6 Å². The molecule has 0 fully saturated rings. The minimum atomic E-state index is -0.694. The number of aliphatic imine (C=N–C) groups is 1. The molecule has 1 amide bonds. The van der Waals surface area contributed by atoms with E-state index in [0.29, 0.717) is 6.61 Å². The van der Waals surface area contributed by atoms with Gasteiger partial charge in [0.25, 0.3) is 0 Å². The molecule has 1 unspecified atom stereocenters. The molecule has 0 saturated heterocycles. The molecular formula is C24H25N3O2. The molecule has 148 valence electrons. The number of amides is 1. The summed E-state index contributed by atoms with van der Waals surface area (Å²) in [5, 5.41) is 2.28. The summed E-state index contributed by atoms with van der Waals surface area (Å²) >= 11 is 0. The summed E-state index contributed by atoms with van der Waals surface area (Å²) < 4.78 is 5.95. The fourth-order valence-electron chi connectivity index (χ4n) is 3.91. The Labute approximate surface area is 170 Å². The lowest BCUT2D eigenvalue weighted by Crippen LogP contribution is -2.47. The topological polar surface area (TPSA) is 67.9 Å². The van der Waals surface area contributed by atoms with Crippen LogP contribution >= 0.6 is 0 Å². The second-order valence-electron chi connectivity index (χ2n) is 7.55. The van der Waals surface area contributed by atoms with Gasteiger partial charge in [0.05, 0.1) is 18.6 Å². The maximum Gasteiger partial charge on any atom is 0.231 e. The van der Waals surface area contributed by atoms with Crippen molar-refractivity contribution in [1.82, 2.24) is 4.90 Å². The van der Waals surface area contributed by atoms with Crippen molar-refractivity contribution in [3.63, 3.8) is 0 Å². The van der Waals surface area contributed by atoms with E-state index in [0.717, 1.165) is 33.2 Å². The number of benzene rings is 3. The molecule has 0 saturated carbocycles. The van der Waals surface area contributed by atoms with E-state index >= 15 is 0 Å². The number of fused-ring (bicyclic) bond motifs is 1. The van der Waals surface area contributed by atoms with Crippen LogP contribution in [0.2, 0.25) is 0 Å². The highest BCUT2D eigenvalue weighted by Gasteiger charge is 2.36. The van der Waals surface area contributed by atoms with Gasteiger partial charge in [0, 0.05) is 12.6 Å². The summed E-state index contributed by atoms with van der Waals surface area (Å²) in [5.74, 6) is 1.05. The highest BCUT2D eigenvalue weighted by molar-refractivity contribution is 6.00. The number of nitrogens with two attached hydrogens (primary N) is 1. The van der Waals surface area contributed by atoms with Crippen molar-refractivity contribution < 1.29 is 9.53 Å². The molecule has 2 N–H and O–H groups in total. The molecule has 0 aliphatic carbocycles. The summed E-state index contributed by atoms with van der Waals surface area (Å²) in [5.41, 5.74) is 8.34. The van der Waals surface area contributed by atoms with Crippen LogP contribution in [0.3, 0.4) is 0 Å². The van der Waals surface area contributed by atoms with Crippen LogP contribution in [0.1, 0.15) is 25.8 Å². The number of carbonyl (C=O) groups is 1. The summed E-state index contributed by atoms with van der Waals surface area (Å²) in [6.45, 7) is 4.53. The van der Waals surface area contributed by atoms with Crippen LogP contribution in [0.15, 0.2) is 65.7 Å². The normalized spacial score (nSPS) is 19.3. The highest BCUT2D eigenvalue weighted by atomic mass is 16.5.